The molecule has 0 bridgehead atoms. The molecule has 1 amide bonds. The molecule has 2 rings (SSSR count). The molecule has 0 aliphatic heterocycles. The molecule has 0 fully saturated rings. The summed E-state index contributed by atoms with van der Waals surface area (Å²) in [6.45, 7) is 5.01. The average Bonchev–Trinajstić information content (AvgIpc) is 2.55. The number of hydrogen-bond donors (Lipinski definition) is 2. The van der Waals surface area contributed by atoms with Crippen LogP contribution >= 0.6 is 0 Å². The van der Waals surface area contributed by atoms with Crippen LogP contribution in [0.15, 0.2) is 42.5 Å². The Labute approximate surface area is 137 Å². The monoisotopic (exact) mass is 312 g/mol. The minimum atomic E-state index is -0.0255. The van der Waals surface area contributed by atoms with Gasteiger partial charge in [0.1, 0.15) is 5.75 Å². The molecule has 4 heteroatoms. The van der Waals surface area contributed by atoms with Crippen LogP contribution in [-0.4, -0.2) is 26.1 Å². The molecular weight excluding hydrogens is 288 g/mol. The Balaban J connectivity index is 1.79. The highest BCUT2D eigenvalue weighted by Crippen LogP contribution is 2.19. The quantitative estimate of drug-likeness (QED) is 0.773. The van der Waals surface area contributed by atoms with E-state index in [1.54, 1.807) is 7.11 Å². The lowest BCUT2D eigenvalue weighted by molar-refractivity contribution is -0.115. The number of methoxy groups -OCH3 is 1. The molecule has 4 nitrogen and oxygen atoms in total. The Morgan fingerprint density at radius 1 is 1.04 bits per heavy atom. The highest BCUT2D eigenvalue weighted by molar-refractivity contribution is 5.93. The maximum absolute atomic E-state index is 12.1. The Bertz CT molecular complexity index is 648. The number of aryl methyl sites for hydroxylation is 2. The smallest absolute Gasteiger partial charge is 0.238 e. The van der Waals surface area contributed by atoms with Crippen LogP contribution in [0.4, 0.5) is 5.69 Å². The van der Waals surface area contributed by atoms with Crippen molar-refractivity contribution in [3.8, 4) is 5.75 Å². The van der Waals surface area contributed by atoms with Crippen molar-refractivity contribution in [2.75, 3.05) is 25.5 Å². The van der Waals surface area contributed by atoms with E-state index in [4.69, 9.17) is 4.74 Å². The van der Waals surface area contributed by atoms with Crippen molar-refractivity contribution in [1.82, 2.24) is 5.32 Å². The Morgan fingerprint density at radius 3 is 2.43 bits per heavy atom. The number of benzene rings is 2. The zero-order chi connectivity index (χ0) is 16.7. The molecule has 23 heavy (non-hydrogen) atoms. The predicted octanol–water partition coefficient (Wildman–Crippen LogP) is 3.08. The van der Waals surface area contributed by atoms with Gasteiger partial charge in [-0.05, 0) is 49.6 Å². The SMILES string of the molecule is COc1ccccc1CCNCC(=O)Nc1c(C)cccc1C. The second-order valence-corrected chi connectivity index (χ2v) is 5.55. The Kier molecular flexibility index (Phi) is 6.18. The van der Waals surface area contributed by atoms with Gasteiger partial charge in [0.2, 0.25) is 5.91 Å². The van der Waals surface area contributed by atoms with Gasteiger partial charge in [0, 0.05) is 5.69 Å². The van der Waals surface area contributed by atoms with Crippen molar-refractivity contribution in [3.05, 3.63) is 59.2 Å². The van der Waals surface area contributed by atoms with Crippen molar-refractivity contribution in [3.63, 3.8) is 0 Å². The van der Waals surface area contributed by atoms with E-state index in [-0.39, 0.29) is 5.91 Å². The molecule has 0 heterocycles. The zero-order valence-corrected chi connectivity index (χ0v) is 14.0. The summed E-state index contributed by atoms with van der Waals surface area (Å²) >= 11 is 0. The van der Waals surface area contributed by atoms with E-state index < -0.39 is 0 Å². The number of hydrogen-bond acceptors (Lipinski definition) is 3. The second-order valence-electron chi connectivity index (χ2n) is 5.55. The van der Waals surface area contributed by atoms with E-state index >= 15 is 0 Å². The van der Waals surface area contributed by atoms with Crippen LogP contribution in [0.1, 0.15) is 16.7 Å². The molecule has 2 N–H and O–H groups in total. The summed E-state index contributed by atoms with van der Waals surface area (Å²) in [4.78, 5) is 12.1. The molecule has 0 aliphatic rings. The highest BCUT2D eigenvalue weighted by Gasteiger charge is 2.07. The summed E-state index contributed by atoms with van der Waals surface area (Å²) in [6, 6.07) is 13.9. The van der Waals surface area contributed by atoms with Crippen LogP contribution in [0.5, 0.6) is 5.75 Å². The summed E-state index contributed by atoms with van der Waals surface area (Å²) in [6.07, 6.45) is 0.820. The second kappa shape index (κ2) is 8.34. The lowest BCUT2D eigenvalue weighted by Gasteiger charge is -2.12. The van der Waals surface area contributed by atoms with Crippen LogP contribution in [0.25, 0.3) is 0 Å². The maximum Gasteiger partial charge on any atom is 0.238 e. The van der Waals surface area contributed by atoms with Gasteiger partial charge >= 0.3 is 0 Å². The van der Waals surface area contributed by atoms with E-state index in [0.29, 0.717) is 6.54 Å². The van der Waals surface area contributed by atoms with E-state index in [1.165, 1.54) is 0 Å². The number of nitrogens with one attached hydrogen (secondary N) is 2. The third kappa shape index (κ3) is 4.83. The summed E-state index contributed by atoms with van der Waals surface area (Å²) in [5.41, 5.74) is 4.20. The largest absolute Gasteiger partial charge is 0.496 e. The molecule has 0 saturated carbocycles. The minimum absolute atomic E-state index is 0.0255. The molecule has 0 aromatic heterocycles. The third-order valence-corrected chi connectivity index (χ3v) is 3.79. The summed E-state index contributed by atoms with van der Waals surface area (Å²) in [5.74, 6) is 0.858. The third-order valence-electron chi connectivity index (χ3n) is 3.79. The fourth-order valence-corrected chi connectivity index (χ4v) is 2.53. The van der Waals surface area contributed by atoms with E-state index in [1.807, 2.05) is 56.3 Å². The first-order valence-electron chi connectivity index (χ1n) is 7.80. The van der Waals surface area contributed by atoms with Gasteiger partial charge in [0.05, 0.1) is 13.7 Å². The van der Waals surface area contributed by atoms with Gasteiger partial charge < -0.3 is 15.4 Å². The van der Waals surface area contributed by atoms with Crippen molar-refractivity contribution >= 4 is 11.6 Å². The molecule has 2 aromatic carbocycles. The number of rotatable bonds is 7. The summed E-state index contributed by atoms with van der Waals surface area (Å²) in [5, 5.41) is 6.15. The minimum Gasteiger partial charge on any atom is -0.496 e. The van der Waals surface area contributed by atoms with Gasteiger partial charge in [-0.25, -0.2) is 0 Å². The average molecular weight is 312 g/mol. The normalized spacial score (nSPS) is 10.4. The highest BCUT2D eigenvalue weighted by atomic mass is 16.5. The number of anilines is 1. The van der Waals surface area contributed by atoms with Crippen LogP contribution in [0.3, 0.4) is 0 Å². The van der Waals surface area contributed by atoms with Gasteiger partial charge in [0.15, 0.2) is 0 Å². The van der Waals surface area contributed by atoms with Gasteiger partial charge in [-0.1, -0.05) is 36.4 Å². The first kappa shape index (κ1) is 17.0. The van der Waals surface area contributed by atoms with Crippen molar-refractivity contribution in [2.45, 2.75) is 20.3 Å². The van der Waals surface area contributed by atoms with Gasteiger partial charge in [-0.2, -0.15) is 0 Å². The Morgan fingerprint density at radius 2 is 1.74 bits per heavy atom. The van der Waals surface area contributed by atoms with Gasteiger partial charge in [0.25, 0.3) is 0 Å². The fraction of sp³-hybridized carbons (Fsp3) is 0.316. The van der Waals surface area contributed by atoms with Crippen LogP contribution < -0.4 is 15.4 Å². The molecule has 122 valence electrons. The number of amides is 1. The first-order chi connectivity index (χ1) is 11.1. The van der Waals surface area contributed by atoms with Gasteiger partial charge in [-0.15, -0.1) is 0 Å². The lowest BCUT2D eigenvalue weighted by atomic mass is 10.1. The van der Waals surface area contributed by atoms with Gasteiger partial charge in [-0.3, -0.25) is 4.79 Å². The van der Waals surface area contributed by atoms with Crippen LogP contribution in [0, 0.1) is 13.8 Å². The zero-order valence-electron chi connectivity index (χ0n) is 14.0. The van der Waals surface area contributed by atoms with Crippen molar-refractivity contribution < 1.29 is 9.53 Å². The van der Waals surface area contributed by atoms with Crippen molar-refractivity contribution in [2.24, 2.45) is 0 Å². The fourth-order valence-electron chi connectivity index (χ4n) is 2.53. The van der Waals surface area contributed by atoms with Crippen LogP contribution in [-0.2, 0) is 11.2 Å². The summed E-state index contributed by atoms with van der Waals surface area (Å²) < 4.78 is 5.32. The number of carbonyl (C=O) groups excluding carboxylic acids is 1. The predicted molar refractivity (Wildman–Crippen MR) is 94.1 cm³/mol. The lowest BCUT2D eigenvalue weighted by Crippen LogP contribution is -2.30. The van der Waals surface area contributed by atoms with Crippen LogP contribution in [0.2, 0.25) is 0 Å². The molecule has 0 saturated heterocycles. The molecular formula is C19H24N2O2. The topological polar surface area (TPSA) is 50.4 Å². The molecule has 0 unspecified atom stereocenters. The Hall–Kier alpha value is -2.33. The number of ether oxygens (including phenoxy) is 1. The molecule has 0 radical (unpaired) electrons. The molecule has 2 aromatic rings. The standard InChI is InChI=1S/C19H24N2O2/c1-14-7-6-8-15(2)19(14)21-18(22)13-20-12-11-16-9-4-5-10-17(16)23-3/h4-10,20H,11-13H2,1-3H3,(H,21,22). The van der Waals surface area contributed by atoms with Crippen molar-refractivity contribution in [1.29, 1.82) is 0 Å². The first-order valence-corrected chi connectivity index (χ1v) is 7.80. The molecule has 0 atom stereocenters. The molecule has 0 aliphatic carbocycles. The van der Waals surface area contributed by atoms with E-state index in [0.717, 1.165) is 41.1 Å². The number of carbonyl (C=O) groups is 1. The van der Waals surface area contributed by atoms with E-state index in [9.17, 15) is 4.79 Å². The summed E-state index contributed by atoms with van der Waals surface area (Å²) in [7, 11) is 1.67. The maximum atomic E-state index is 12.1. The number of para-hydroxylation sites is 2. The molecule has 0 spiro atoms. The van der Waals surface area contributed by atoms with E-state index in [2.05, 4.69) is 10.6 Å².